The number of rotatable bonds is 3. The van der Waals surface area contributed by atoms with Crippen LogP contribution in [0.2, 0.25) is 0 Å². The molecule has 21 heavy (non-hydrogen) atoms. The fourth-order valence-electron chi connectivity index (χ4n) is 2.34. The Labute approximate surface area is 121 Å². The van der Waals surface area contributed by atoms with Gasteiger partial charge in [0.1, 0.15) is 17.0 Å². The molecule has 1 aromatic heterocycles. The van der Waals surface area contributed by atoms with E-state index < -0.39 is 5.76 Å². The molecule has 0 aliphatic carbocycles. The minimum absolute atomic E-state index is 0.0175. The number of benzene rings is 1. The third-order valence-corrected chi connectivity index (χ3v) is 3.11. The van der Waals surface area contributed by atoms with Crippen LogP contribution in [-0.2, 0) is 6.42 Å². The molecule has 0 bridgehead atoms. The number of para-hydroxylation sites is 1. The van der Waals surface area contributed by atoms with Gasteiger partial charge in [0.05, 0.1) is 0 Å². The van der Waals surface area contributed by atoms with Crippen molar-refractivity contribution in [2.75, 3.05) is 6.61 Å². The van der Waals surface area contributed by atoms with E-state index in [-0.39, 0.29) is 18.3 Å². The minimum Gasteiger partial charge on any atom is -0.485 e. The largest absolute Gasteiger partial charge is 0.485 e. The lowest BCUT2D eigenvalue weighted by molar-refractivity contribution is 0.138. The molecule has 0 atom stereocenters. The molecular formula is C15H14N2O4. The topological polar surface area (TPSA) is 66.5 Å². The Bertz CT molecular complexity index is 780. The summed E-state index contributed by atoms with van der Waals surface area (Å²) < 4.78 is 17.0. The van der Waals surface area contributed by atoms with Gasteiger partial charge in [0.2, 0.25) is 0 Å². The third-order valence-electron chi connectivity index (χ3n) is 3.11. The van der Waals surface area contributed by atoms with Crippen molar-refractivity contribution in [3.05, 3.63) is 34.3 Å². The van der Waals surface area contributed by atoms with E-state index in [4.69, 9.17) is 20.3 Å². The Morgan fingerprint density at radius 1 is 1.52 bits per heavy atom. The van der Waals surface area contributed by atoms with Gasteiger partial charge in [0, 0.05) is 12.0 Å². The molecule has 0 amide bonds. The molecule has 2 aromatic rings. The van der Waals surface area contributed by atoms with Crippen LogP contribution in [0.5, 0.6) is 11.8 Å². The van der Waals surface area contributed by atoms with Gasteiger partial charge < -0.3 is 13.9 Å². The number of nitrogens with zero attached hydrogens (tertiary/aromatic N) is 2. The summed E-state index contributed by atoms with van der Waals surface area (Å²) in [4.78, 5) is 11.9. The molecule has 0 N–H and O–H groups in total. The van der Waals surface area contributed by atoms with Gasteiger partial charge in [-0.2, -0.15) is 4.68 Å². The Morgan fingerprint density at radius 2 is 2.33 bits per heavy atom. The highest BCUT2D eigenvalue weighted by Crippen LogP contribution is 2.38. The normalized spacial score (nSPS) is 15.1. The molecule has 6 heteroatoms. The second-order valence-corrected chi connectivity index (χ2v) is 5.34. The first-order valence-corrected chi connectivity index (χ1v) is 6.48. The average molecular weight is 286 g/mol. The van der Waals surface area contributed by atoms with Gasteiger partial charge >= 0.3 is 11.8 Å². The summed E-state index contributed by atoms with van der Waals surface area (Å²) in [5.74, 6) is 2.27. The van der Waals surface area contributed by atoms with Crippen LogP contribution < -0.4 is 15.2 Å². The molecule has 2 heterocycles. The summed E-state index contributed by atoms with van der Waals surface area (Å²) in [6.45, 7) is 3.96. The van der Waals surface area contributed by atoms with Gasteiger partial charge in [0.25, 0.3) is 0 Å². The van der Waals surface area contributed by atoms with Crippen LogP contribution in [0.15, 0.2) is 27.4 Å². The van der Waals surface area contributed by atoms with Crippen molar-refractivity contribution in [1.29, 1.82) is 0 Å². The second kappa shape index (κ2) is 4.70. The van der Waals surface area contributed by atoms with Crippen LogP contribution in [0.1, 0.15) is 19.4 Å². The highest BCUT2D eigenvalue weighted by atomic mass is 16.6. The maximum Gasteiger partial charge on any atom is 0.444 e. The summed E-state index contributed by atoms with van der Waals surface area (Å²) >= 11 is 0. The maximum atomic E-state index is 11.9. The molecule has 108 valence electrons. The molecule has 0 saturated heterocycles. The Balaban J connectivity index is 2.04. The van der Waals surface area contributed by atoms with Crippen molar-refractivity contribution in [3.63, 3.8) is 0 Å². The molecule has 0 radical (unpaired) electrons. The molecule has 1 aliphatic heterocycles. The Kier molecular flexibility index (Phi) is 2.98. The third kappa shape index (κ3) is 2.38. The van der Waals surface area contributed by atoms with Gasteiger partial charge in [-0.3, -0.25) is 0 Å². The lowest BCUT2D eigenvalue weighted by Gasteiger charge is -2.17. The molecular weight excluding hydrogens is 272 g/mol. The predicted molar refractivity (Wildman–Crippen MR) is 74.8 cm³/mol. The first-order chi connectivity index (χ1) is 10.00. The van der Waals surface area contributed by atoms with E-state index >= 15 is 0 Å². The maximum absolute atomic E-state index is 11.9. The standard InChI is InChI=1S/C15H14N2O4/c1-4-8-19-13-16-17(14(18)20-13)11-7-5-6-10-9-15(2,3)21-12(10)11/h1,5-7H,8-9H2,2-3H3. The first-order valence-electron chi connectivity index (χ1n) is 6.48. The van der Waals surface area contributed by atoms with Gasteiger partial charge in [-0.25, -0.2) is 4.79 Å². The van der Waals surface area contributed by atoms with Gasteiger partial charge in [0.15, 0.2) is 6.61 Å². The summed E-state index contributed by atoms with van der Waals surface area (Å²) in [6.07, 6.45) is 5.69. The van der Waals surface area contributed by atoms with E-state index in [9.17, 15) is 4.79 Å². The molecule has 0 spiro atoms. The van der Waals surface area contributed by atoms with Gasteiger partial charge in [-0.1, -0.05) is 23.2 Å². The number of ether oxygens (including phenoxy) is 2. The fraction of sp³-hybridized carbons (Fsp3) is 0.333. The van der Waals surface area contributed by atoms with E-state index in [0.29, 0.717) is 11.4 Å². The van der Waals surface area contributed by atoms with E-state index in [0.717, 1.165) is 16.7 Å². The summed E-state index contributed by atoms with van der Waals surface area (Å²) in [5.41, 5.74) is 1.25. The smallest absolute Gasteiger partial charge is 0.444 e. The van der Waals surface area contributed by atoms with Gasteiger partial charge in [-0.05, 0) is 19.9 Å². The van der Waals surface area contributed by atoms with Crippen LogP contribution in [0.25, 0.3) is 5.69 Å². The fourth-order valence-corrected chi connectivity index (χ4v) is 2.34. The SMILES string of the molecule is C#CCOc1nn(-c2cccc3c2OC(C)(C)C3)c(=O)o1. The molecule has 0 saturated carbocycles. The quantitative estimate of drug-likeness (QED) is 0.801. The predicted octanol–water partition coefficient (Wildman–Crippen LogP) is 1.55. The zero-order chi connectivity index (χ0) is 15.0. The molecule has 0 unspecified atom stereocenters. The van der Waals surface area contributed by atoms with E-state index in [1.165, 1.54) is 0 Å². The zero-order valence-corrected chi connectivity index (χ0v) is 11.8. The molecule has 1 aliphatic rings. The minimum atomic E-state index is -0.649. The number of fused-ring (bicyclic) bond motifs is 1. The lowest BCUT2D eigenvalue weighted by atomic mass is 10.0. The van der Waals surface area contributed by atoms with Gasteiger partial charge in [-0.15, -0.1) is 6.42 Å². The monoisotopic (exact) mass is 286 g/mol. The molecule has 6 nitrogen and oxygen atoms in total. The highest BCUT2D eigenvalue weighted by molar-refractivity contribution is 5.54. The molecule has 3 rings (SSSR count). The van der Waals surface area contributed by atoms with Crippen LogP contribution in [0.3, 0.4) is 0 Å². The van der Waals surface area contributed by atoms with Crippen LogP contribution in [0, 0.1) is 12.3 Å². The number of terminal acetylenes is 1. The van der Waals surface area contributed by atoms with Crippen molar-refractivity contribution < 1.29 is 13.9 Å². The summed E-state index contributed by atoms with van der Waals surface area (Å²) in [7, 11) is 0. The van der Waals surface area contributed by atoms with E-state index in [2.05, 4.69) is 11.0 Å². The van der Waals surface area contributed by atoms with Crippen molar-refractivity contribution in [3.8, 4) is 29.9 Å². The Morgan fingerprint density at radius 3 is 3.10 bits per heavy atom. The van der Waals surface area contributed by atoms with Crippen molar-refractivity contribution >= 4 is 0 Å². The Hall–Kier alpha value is -2.68. The van der Waals surface area contributed by atoms with Crippen molar-refractivity contribution in [2.45, 2.75) is 25.9 Å². The number of hydrogen-bond donors (Lipinski definition) is 0. The number of hydrogen-bond acceptors (Lipinski definition) is 5. The van der Waals surface area contributed by atoms with E-state index in [1.807, 2.05) is 26.0 Å². The highest BCUT2D eigenvalue weighted by Gasteiger charge is 2.33. The summed E-state index contributed by atoms with van der Waals surface area (Å²) in [5, 5.41) is 3.98. The first kappa shape index (κ1) is 13.3. The van der Waals surface area contributed by atoms with Crippen molar-refractivity contribution in [2.24, 2.45) is 0 Å². The van der Waals surface area contributed by atoms with Crippen molar-refractivity contribution in [1.82, 2.24) is 9.78 Å². The lowest BCUT2D eigenvalue weighted by Crippen LogP contribution is -2.25. The average Bonchev–Trinajstić information content (AvgIpc) is 2.94. The van der Waals surface area contributed by atoms with Crippen LogP contribution in [-0.4, -0.2) is 22.0 Å². The summed E-state index contributed by atoms with van der Waals surface area (Å²) in [6, 6.07) is 5.56. The number of aromatic nitrogens is 2. The van der Waals surface area contributed by atoms with Crippen LogP contribution in [0.4, 0.5) is 0 Å². The van der Waals surface area contributed by atoms with Crippen LogP contribution >= 0.6 is 0 Å². The zero-order valence-electron chi connectivity index (χ0n) is 11.8. The second-order valence-electron chi connectivity index (χ2n) is 5.34. The van der Waals surface area contributed by atoms with E-state index in [1.54, 1.807) is 6.07 Å². The molecule has 0 fully saturated rings. The molecule has 1 aromatic carbocycles.